The van der Waals surface area contributed by atoms with E-state index in [4.69, 9.17) is 4.74 Å². The molecule has 9 nitrogen and oxygen atoms in total. The highest BCUT2D eigenvalue weighted by molar-refractivity contribution is 7.91. The molecular formula is C17H26N4O5S. The number of carbonyl (C=O) groups is 2. The fourth-order valence-corrected chi connectivity index (χ4v) is 5.31. The van der Waals surface area contributed by atoms with Crippen molar-refractivity contribution in [3.05, 3.63) is 17.5 Å². The summed E-state index contributed by atoms with van der Waals surface area (Å²) in [6, 6.07) is 1.46. The summed E-state index contributed by atoms with van der Waals surface area (Å²) in [6.07, 6.45) is 1.53. The standard InChI is InChI=1S/C17H26N4O5S/c1-3-26-17(23)20-7-4-13(5-8-20)18-16(22)15-10-12(2)21(19-15)14-6-9-27(24,25)11-14/h10,13-14H,3-9,11H2,1-2H3,(H,18,22). The zero-order valence-electron chi connectivity index (χ0n) is 15.7. The maximum Gasteiger partial charge on any atom is 0.409 e. The Kier molecular flexibility index (Phi) is 5.73. The normalized spacial score (nSPS) is 22.6. The minimum Gasteiger partial charge on any atom is -0.450 e. The molecule has 2 aliphatic heterocycles. The SMILES string of the molecule is CCOC(=O)N1CCC(NC(=O)c2cc(C)n(C3CCS(=O)(=O)C3)n2)CC1. The molecule has 3 heterocycles. The number of carbonyl (C=O) groups excluding carboxylic acids is 2. The molecule has 2 amide bonds. The molecule has 1 aromatic heterocycles. The third-order valence-corrected chi connectivity index (χ3v) is 6.82. The molecule has 0 aromatic carbocycles. The van der Waals surface area contributed by atoms with E-state index in [1.165, 1.54) is 0 Å². The molecular weight excluding hydrogens is 372 g/mol. The zero-order chi connectivity index (χ0) is 19.6. The van der Waals surface area contributed by atoms with Gasteiger partial charge in [0.1, 0.15) is 5.69 Å². The summed E-state index contributed by atoms with van der Waals surface area (Å²) in [6.45, 7) is 5.02. The Morgan fingerprint density at radius 1 is 1.30 bits per heavy atom. The number of hydrogen-bond donors (Lipinski definition) is 1. The Labute approximate surface area is 159 Å². The van der Waals surface area contributed by atoms with Crippen LogP contribution in [-0.4, -0.2) is 72.3 Å². The van der Waals surface area contributed by atoms with Gasteiger partial charge >= 0.3 is 6.09 Å². The second-order valence-electron chi connectivity index (χ2n) is 7.11. The Balaban J connectivity index is 1.56. The van der Waals surface area contributed by atoms with Gasteiger partial charge in [-0.25, -0.2) is 13.2 Å². The quantitative estimate of drug-likeness (QED) is 0.807. The van der Waals surface area contributed by atoms with Crippen molar-refractivity contribution < 1.29 is 22.7 Å². The molecule has 0 bridgehead atoms. The number of piperidine rings is 1. The Morgan fingerprint density at radius 3 is 2.59 bits per heavy atom. The van der Waals surface area contributed by atoms with E-state index in [1.807, 2.05) is 6.92 Å². The smallest absolute Gasteiger partial charge is 0.409 e. The highest BCUT2D eigenvalue weighted by Gasteiger charge is 2.31. The number of hydrogen-bond acceptors (Lipinski definition) is 6. The second-order valence-corrected chi connectivity index (χ2v) is 9.33. The lowest BCUT2D eigenvalue weighted by atomic mass is 10.1. The van der Waals surface area contributed by atoms with Crippen molar-refractivity contribution >= 4 is 21.8 Å². The number of nitrogens with zero attached hydrogens (tertiary/aromatic N) is 3. The van der Waals surface area contributed by atoms with Crippen LogP contribution in [0.15, 0.2) is 6.07 Å². The predicted molar refractivity (Wildman–Crippen MR) is 98.4 cm³/mol. The summed E-state index contributed by atoms with van der Waals surface area (Å²) >= 11 is 0. The van der Waals surface area contributed by atoms with Crippen molar-refractivity contribution in [2.24, 2.45) is 0 Å². The lowest BCUT2D eigenvalue weighted by Gasteiger charge is -2.31. The first-order chi connectivity index (χ1) is 12.8. The summed E-state index contributed by atoms with van der Waals surface area (Å²) < 4.78 is 30.0. The molecule has 0 radical (unpaired) electrons. The monoisotopic (exact) mass is 398 g/mol. The van der Waals surface area contributed by atoms with E-state index in [2.05, 4.69) is 10.4 Å². The van der Waals surface area contributed by atoms with Gasteiger partial charge in [0.05, 0.1) is 24.2 Å². The van der Waals surface area contributed by atoms with Crippen molar-refractivity contribution in [2.75, 3.05) is 31.2 Å². The van der Waals surface area contributed by atoms with E-state index >= 15 is 0 Å². The molecule has 150 valence electrons. The van der Waals surface area contributed by atoms with Crippen LogP contribution in [-0.2, 0) is 14.6 Å². The van der Waals surface area contributed by atoms with E-state index in [-0.39, 0.29) is 35.6 Å². The van der Waals surface area contributed by atoms with E-state index in [0.717, 1.165) is 5.69 Å². The largest absolute Gasteiger partial charge is 0.450 e. The first kappa shape index (κ1) is 19.7. The van der Waals surface area contributed by atoms with Gasteiger partial charge in [-0.1, -0.05) is 0 Å². The topological polar surface area (TPSA) is 111 Å². The summed E-state index contributed by atoms with van der Waals surface area (Å²) in [5.41, 5.74) is 1.07. The molecule has 1 N–H and O–H groups in total. The average Bonchev–Trinajstić information content (AvgIpc) is 3.18. The number of ether oxygens (including phenoxy) is 1. The van der Waals surface area contributed by atoms with Crippen LogP contribution in [0.5, 0.6) is 0 Å². The zero-order valence-corrected chi connectivity index (χ0v) is 16.5. The minimum atomic E-state index is -3.01. The lowest BCUT2D eigenvalue weighted by molar-refractivity contribution is 0.0856. The third kappa shape index (κ3) is 4.60. The van der Waals surface area contributed by atoms with Crippen molar-refractivity contribution in [1.82, 2.24) is 20.0 Å². The number of amides is 2. The summed E-state index contributed by atoms with van der Waals surface area (Å²) in [4.78, 5) is 25.9. The van der Waals surface area contributed by atoms with E-state index < -0.39 is 9.84 Å². The Morgan fingerprint density at radius 2 is 2.00 bits per heavy atom. The van der Waals surface area contributed by atoms with Gasteiger partial charge < -0.3 is 15.0 Å². The fourth-order valence-electron chi connectivity index (χ4n) is 3.62. The summed E-state index contributed by atoms with van der Waals surface area (Å²) in [7, 11) is -3.01. The molecule has 1 atom stereocenters. The maximum atomic E-state index is 12.5. The molecule has 2 saturated heterocycles. The average molecular weight is 398 g/mol. The maximum absolute atomic E-state index is 12.5. The predicted octanol–water partition coefficient (Wildman–Crippen LogP) is 0.902. The van der Waals surface area contributed by atoms with Crippen molar-refractivity contribution in [2.45, 2.75) is 45.2 Å². The Bertz CT molecular complexity index is 811. The summed E-state index contributed by atoms with van der Waals surface area (Å²) in [5, 5.41) is 7.31. The first-order valence-electron chi connectivity index (χ1n) is 9.28. The second kappa shape index (κ2) is 7.87. The highest BCUT2D eigenvalue weighted by atomic mass is 32.2. The number of nitrogens with one attached hydrogen (secondary N) is 1. The van der Waals surface area contributed by atoms with E-state index in [1.54, 1.807) is 22.6 Å². The van der Waals surface area contributed by atoms with Gasteiger partial charge in [0, 0.05) is 24.8 Å². The van der Waals surface area contributed by atoms with Crippen LogP contribution >= 0.6 is 0 Å². The minimum absolute atomic E-state index is 0.0273. The molecule has 0 saturated carbocycles. The highest BCUT2D eigenvalue weighted by Crippen LogP contribution is 2.24. The molecule has 2 aliphatic rings. The van der Waals surface area contributed by atoms with Gasteiger partial charge in [-0.2, -0.15) is 5.10 Å². The van der Waals surface area contributed by atoms with Gasteiger partial charge in [-0.15, -0.1) is 0 Å². The molecule has 1 aromatic rings. The molecule has 2 fully saturated rings. The lowest BCUT2D eigenvalue weighted by Crippen LogP contribution is -2.46. The summed E-state index contributed by atoms with van der Waals surface area (Å²) in [5.74, 6) is -0.0345. The third-order valence-electron chi connectivity index (χ3n) is 5.07. The molecule has 0 aliphatic carbocycles. The molecule has 10 heteroatoms. The van der Waals surface area contributed by atoms with Crippen LogP contribution in [0, 0.1) is 6.92 Å². The molecule has 3 rings (SSSR count). The van der Waals surface area contributed by atoms with E-state index in [0.29, 0.717) is 44.7 Å². The van der Waals surface area contributed by atoms with Crippen LogP contribution in [0.4, 0.5) is 4.79 Å². The van der Waals surface area contributed by atoms with Crippen LogP contribution < -0.4 is 5.32 Å². The fraction of sp³-hybridized carbons (Fsp3) is 0.706. The van der Waals surface area contributed by atoms with Crippen molar-refractivity contribution in [1.29, 1.82) is 0 Å². The van der Waals surface area contributed by atoms with Crippen LogP contribution in [0.2, 0.25) is 0 Å². The van der Waals surface area contributed by atoms with Gasteiger partial charge in [0.25, 0.3) is 5.91 Å². The van der Waals surface area contributed by atoms with E-state index in [9.17, 15) is 18.0 Å². The van der Waals surface area contributed by atoms with Crippen molar-refractivity contribution in [3.8, 4) is 0 Å². The van der Waals surface area contributed by atoms with Crippen LogP contribution in [0.3, 0.4) is 0 Å². The van der Waals surface area contributed by atoms with Gasteiger partial charge in [-0.3, -0.25) is 9.48 Å². The first-order valence-corrected chi connectivity index (χ1v) is 11.1. The van der Waals surface area contributed by atoms with Crippen LogP contribution in [0.1, 0.15) is 48.4 Å². The Hall–Kier alpha value is -2.10. The number of likely N-dealkylation sites (tertiary alicyclic amines) is 1. The number of sulfone groups is 1. The number of aryl methyl sites for hydroxylation is 1. The molecule has 0 spiro atoms. The molecule has 27 heavy (non-hydrogen) atoms. The number of rotatable bonds is 4. The van der Waals surface area contributed by atoms with Gasteiger partial charge in [-0.05, 0) is 39.2 Å². The number of aromatic nitrogens is 2. The van der Waals surface area contributed by atoms with Crippen LogP contribution in [0.25, 0.3) is 0 Å². The van der Waals surface area contributed by atoms with Gasteiger partial charge in [0.15, 0.2) is 9.84 Å². The van der Waals surface area contributed by atoms with Crippen molar-refractivity contribution in [3.63, 3.8) is 0 Å². The molecule has 1 unspecified atom stereocenters. The van der Waals surface area contributed by atoms with Gasteiger partial charge in [0.2, 0.25) is 0 Å².